The van der Waals surface area contributed by atoms with Gasteiger partial charge in [0.15, 0.2) is 6.61 Å². The van der Waals surface area contributed by atoms with Gasteiger partial charge in [-0.05, 0) is 59.2 Å². The quantitative estimate of drug-likeness (QED) is 0.132. The molecule has 1 N–H and O–H groups in total. The maximum Gasteiger partial charge on any atom is 0.270 e. The summed E-state index contributed by atoms with van der Waals surface area (Å²) in [7, 11) is 0. The van der Waals surface area contributed by atoms with Crippen molar-refractivity contribution in [3.63, 3.8) is 0 Å². The predicted molar refractivity (Wildman–Crippen MR) is 172 cm³/mol. The minimum atomic E-state index is -0.572. The summed E-state index contributed by atoms with van der Waals surface area (Å²) in [5, 5.41) is 14.3. The van der Waals surface area contributed by atoms with E-state index in [1.807, 2.05) is 72.8 Å². The second-order valence-corrected chi connectivity index (χ2v) is 10.8. The molecule has 230 valence electrons. The van der Waals surface area contributed by atoms with Crippen molar-refractivity contribution in [2.45, 2.75) is 19.3 Å². The number of nitro groups is 1. The van der Waals surface area contributed by atoms with Crippen molar-refractivity contribution in [1.82, 2.24) is 4.90 Å². The fourth-order valence-electron chi connectivity index (χ4n) is 5.49. The lowest BCUT2D eigenvalue weighted by atomic mass is 9.98. The summed E-state index contributed by atoms with van der Waals surface area (Å²) >= 11 is 0. The number of carbonyl (C=O) groups excluding carboxylic acids is 2. The molecular weight excluding hydrogens is 587 g/mol. The molecule has 10 heteroatoms. The average Bonchev–Trinajstić information content (AvgIpc) is 3.08. The number of non-ortho nitro benzene ring substituents is 1. The van der Waals surface area contributed by atoms with Crippen molar-refractivity contribution in [2.75, 3.05) is 16.8 Å². The average molecular weight is 617 g/mol. The summed E-state index contributed by atoms with van der Waals surface area (Å²) in [5.74, 6) is -0.680. The molecule has 46 heavy (non-hydrogen) atoms. The molecule has 0 saturated heterocycles. The minimum Gasteiger partial charge on any atom is -0.484 e. The molecule has 0 bridgehead atoms. The molecule has 2 amide bonds. The normalized spacial score (nSPS) is 14.0. The molecule has 5 aromatic rings. The molecule has 1 aliphatic heterocycles. The molecule has 6 rings (SSSR count). The number of anilines is 2. The van der Waals surface area contributed by atoms with Crippen LogP contribution < -0.4 is 15.0 Å². The Hall–Kier alpha value is -6.03. The first-order valence-electron chi connectivity index (χ1n) is 14.6. The largest absolute Gasteiger partial charge is 0.484 e. The number of carbonyl (C=O) groups is 2. The first kappa shape index (κ1) is 30.0. The number of ether oxygens (including phenoxy) is 1. The number of hydrogen-bond acceptors (Lipinski definition) is 6. The van der Waals surface area contributed by atoms with Gasteiger partial charge < -0.3 is 19.9 Å². The van der Waals surface area contributed by atoms with Crippen LogP contribution in [0.5, 0.6) is 5.75 Å². The van der Waals surface area contributed by atoms with Gasteiger partial charge in [0.25, 0.3) is 17.5 Å². The molecule has 1 unspecified atom stereocenters. The van der Waals surface area contributed by atoms with Crippen LogP contribution in [0.1, 0.15) is 33.2 Å². The number of fused-ring (bicyclic) bond motifs is 1. The topological polar surface area (TPSA) is 105 Å². The number of nitrogens with one attached hydrogen (secondary N) is 1. The van der Waals surface area contributed by atoms with Crippen molar-refractivity contribution in [1.29, 1.82) is 0 Å². The summed E-state index contributed by atoms with van der Waals surface area (Å²) in [6, 6.07) is 36.4. The van der Waals surface area contributed by atoms with Gasteiger partial charge in [0.05, 0.1) is 16.2 Å². The van der Waals surface area contributed by atoms with E-state index in [0.717, 1.165) is 16.7 Å². The minimum absolute atomic E-state index is 0.158. The van der Waals surface area contributed by atoms with Gasteiger partial charge in [-0.1, -0.05) is 72.8 Å². The highest BCUT2D eigenvalue weighted by atomic mass is 19.1. The van der Waals surface area contributed by atoms with E-state index in [4.69, 9.17) is 4.74 Å². The zero-order chi connectivity index (χ0) is 32.0. The maximum absolute atomic E-state index is 14.2. The number of nitro benzene ring substituents is 1. The van der Waals surface area contributed by atoms with Crippen LogP contribution in [0, 0.1) is 15.9 Å². The molecule has 0 spiro atoms. The van der Waals surface area contributed by atoms with Crippen LogP contribution in [0.25, 0.3) is 0 Å². The summed E-state index contributed by atoms with van der Waals surface area (Å²) in [4.78, 5) is 41.6. The Morgan fingerprint density at radius 2 is 1.41 bits per heavy atom. The highest BCUT2D eigenvalue weighted by molar-refractivity contribution is 6.02. The zero-order valence-corrected chi connectivity index (χ0v) is 24.6. The van der Waals surface area contributed by atoms with Gasteiger partial charge in [-0.3, -0.25) is 19.7 Å². The Labute approximate surface area is 264 Å². The smallest absolute Gasteiger partial charge is 0.270 e. The van der Waals surface area contributed by atoms with Gasteiger partial charge in [0.1, 0.15) is 17.7 Å². The third kappa shape index (κ3) is 6.71. The zero-order valence-electron chi connectivity index (χ0n) is 24.6. The molecule has 0 aliphatic carbocycles. The lowest BCUT2D eigenvalue weighted by molar-refractivity contribution is -0.384. The monoisotopic (exact) mass is 616 g/mol. The summed E-state index contributed by atoms with van der Waals surface area (Å²) < 4.78 is 18.9. The SMILES string of the molecule is O=C(COc1ccc(C2N(Cc3ccccc3)C(=O)c3cc([N+](=O)[O-])ccc3N2Cc2ccccc2)cc1)Nc1ccc(F)cc1. The van der Waals surface area contributed by atoms with Crippen LogP contribution in [0.15, 0.2) is 127 Å². The standard InChI is InChI=1S/C36H29FN4O5/c37-28-13-15-29(16-14-28)38-34(42)24-46-31-18-11-27(12-19-31)35-39(22-25-7-3-1-4-8-25)33-20-17-30(41(44)45)21-32(33)36(43)40(35)23-26-9-5-2-6-10-26/h1-21,35H,22-24H2,(H,38,42). The molecule has 1 heterocycles. The molecule has 1 atom stereocenters. The van der Waals surface area contributed by atoms with E-state index >= 15 is 0 Å². The number of hydrogen-bond donors (Lipinski definition) is 1. The predicted octanol–water partition coefficient (Wildman–Crippen LogP) is 7.11. The van der Waals surface area contributed by atoms with E-state index in [2.05, 4.69) is 10.2 Å². The number of amides is 2. The van der Waals surface area contributed by atoms with Gasteiger partial charge in [-0.25, -0.2) is 4.39 Å². The van der Waals surface area contributed by atoms with E-state index < -0.39 is 22.8 Å². The number of benzene rings is 5. The van der Waals surface area contributed by atoms with Crippen molar-refractivity contribution < 1.29 is 23.6 Å². The summed E-state index contributed by atoms with van der Waals surface area (Å²) in [6.07, 6.45) is -0.572. The molecule has 0 radical (unpaired) electrons. The Morgan fingerprint density at radius 1 is 0.804 bits per heavy atom. The van der Waals surface area contributed by atoms with Gasteiger partial charge in [-0.15, -0.1) is 0 Å². The fourth-order valence-corrected chi connectivity index (χ4v) is 5.49. The molecular formula is C36H29FN4O5. The van der Waals surface area contributed by atoms with E-state index in [9.17, 15) is 24.1 Å². The second-order valence-electron chi connectivity index (χ2n) is 10.8. The van der Waals surface area contributed by atoms with Crippen molar-refractivity contribution >= 4 is 28.9 Å². The molecule has 0 saturated carbocycles. The van der Waals surface area contributed by atoms with Gasteiger partial charge in [0.2, 0.25) is 0 Å². The van der Waals surface area contributed by atoms with Crippen LogP contribution in [0.3, 0.4) is 0 Å². The lowest BCUT2D eigenvalue weighted by Gasteiger charge is -2.46. The number of halogens is 1. The summed E-state index contributed by atoms with van der Waals surface area (Å²) in [5.41, 5.74) is 3.83. The summed E-state index contributed by atoms with van der Waals surface area (Å²) in [6.45, 7) is 0.432. The van der Waals surface area contributed by atoms with Crippen LogP contribution in [-0.4, -0.2) is 28.2 Å². The molecule has 9 nitrogen and oxygen atoms in total. The Morgan fingerprint density at radius 3 is 2.02 bits per heavy atom. The lowest BCUT2D eigenvalue weighted by Crippen LogP contribution is -2.48. The van der Waals surface area contributed by atoms with E-state index in [-0.39, 0.29) is 30.3 Å². The highest BCUT2D eigenvalue weighted by Gasteiger charge is 2.39. The van der Waals surface area contributed by atoms with Gasteiger partial charge in [-0.2, -0.15) is 0 Å². The van der Waals surface area contributed by atoms with E-state index in [0.29, 0.717) is 23.7 Å². The Bertz CT molecular complexity index is 1850. The third-order valence-electron chi connectivity index (χ3n) is 7.65. The highest BCUT2D eigenvalue weighted by Crippen LogP contribution is 2.42. The van der Waals surface area contributed by atoms with Crippen molar-refractivity contribution in [3.8, 4) is 5.75 Å². The van der Waals surface area contributed by atoms with Crippen LogP contribution in [0.4, 0.5) is 21.5 Å². The maximum atomic E-state index is 14.2. The van der Waals surface area contributed by atoms with Crippen LogP contribution in [0.2, 0.25) is 0 Å². The second kappa shape index (κ2) is 13.3. The van der Waals surface area contributed by atoms with Crippen LogP contribution >= 0.6 is 0 Å². The van der Waals surface area contributed by atoms with E-state index in [1.54, 1.807) is 23.1 Å². The van der Waals surface area contributed by atoms with E-state index in [1.165, 1.54) is 36.4 Å². The number of rotatable bonds is 10. The molecule has 1 aliphatic rings. The Balaban J connectivity index is 1.33. The Kier molecular flexibility index (Phi) is 8.69. The third-order valence-corrected chi connectivity index (χ3v) is 7.65. The van der Waals surface area contributed by atoms with Crippen LogP contribution in [-0.2, 0) is 17.9 Å². The first-order valence-corrected chi connectivity index (χ1v) is 14.6. The number of nitrogens with zero attached hydrogens (tertiary/aromatic N) is 3. The van der Waals surface area contributed by atoms with Gasteiger partial charge in [0, 0.05) is 30.9 Å². The molecule has 5 aromatic carbocycles. The van der Waals surface area contributed by atoms with Crippen molar-refractivity contribution in [2.24, 2.45) is 0 Å². The molecule has 0 fully saturated rings. The fraction of sp³-hybridized carbons (Fsp3) is 0.111. The van der Waals surface area contributed by atoms with Crippen molar-refractivity contribution in [3.05, 3.63) is 166 Å². The first-order chi connectivity index (χ1) is 22.4. The molecule has 0 aromatic heterocycles. The van der Waals surface area contributed by atoms with Gasteiger partial charge >= 0.3 is 0 Å².